The zero-order valence-corrected chi connectivity index (χ0v) is 15.9. The van der Waals surface area contributed by atoms with Gasteiger partial charge in [0.2, 0.25) is 6.79 Å². The summed E-state index contributed by atoms with van der Waals surface area (Å²) in [6.07, 6.45) is 0. The van der Waals surface area contributed by atoms with Gasteiger partial charge >= 0.3 is 0 Å². The molecule has 2 heterocycles. The van der Waals surface area contributed by atoms with Gasteiger partial charge in [-0.15, -0.1) is 0 Å². The number of H-pyrrole nitrogens is 1. The molecule has 0 unspecified atom stereocenters. The van der Waals surface area contributed by atoms with Crippen molar-refractivity contribution in [2.24, 2.45) is 0 Å². The molecule has 8 heteroatoms. The third-order valence-corrected chi connectivity index (χ3v) is 5.03. The number of benzene rings is 2. The van der Waals surface area contributed by atoms with E-state index in [9.17, 15) is 9.18 Å². The van der Waals surface area contributed by atoms with E-state index in [-0.39, 0.29) is 18.2 Å². The molecule has 0 amide bonds. The van der Waals surface area contributed by atoms with Crippen LogP contribution in [-0.2, 0) is 13.1 Å². The van der Waals surface area contributed by atoms with E-state index in [1.807, 2.05) is 17.0 Å². The van der Waals surface area contributed by atoms with Crippen LogP contribution in [0.15, 0.2) is 47.3 Å². The fraction of sp³-hybridized carbons (Fsp3) is 0.200. The number of halogens is 1. The van der Waals surface area contributed by atoms with Gasteiger partial charge in [0.15, 0.2) is 16.6 Å². The summed E-state index contributed by atoms with van der Waals surface area (Å²) >= 11 is 5.40. The third kappa shape index (κ3) is 3.63. The maximum absolute atomic E-state index is 13.2. The number of nitrogens with one attached hydrogen (secondary N) is 2. The summed E-state index contributed by atoms with van der Waals surface area (Å²) in [5.41, 5.74) is 1.93. The fourth-order valence-corrected chi connectivity index (χ4v) is 3.26. The highest BCUT2D eigenvalue weighted by Gasteiger charge is 2.17. The second-order valence-electron chi connectivity index (χ2n) is 6.45. The minimum atomic E-state index is -0.295. The average Bonchev–Trinajstić information content (AvgIpc) is 3.14. The minimum Gasteiger partial charge on any atom is -0.454 e. The Morgan fingerprint density at radius 1 is 1.18 bits per heavy atom. The Hall–Kier alpha value is -3.13. The zero-order chi connectivity index (χ0) is 19.7. The van der Waals surface area contributed by atoms with E-state index in [2.05, 4.69) is 10.3 Å². The van der Waals surface area contributed by atoms with Gasteiger partial charge < -0.3 is 24.7 Å². The Kier molecular flexibility index (Phi) is 4.87. The van der Waals surface area contributed by atoms with Crippen molar-refractivity contribution in [3.8, 4) is 11.5 Å². The first-order valence-corrected chi connectivity index (χ1v) is 9.11. The van der Waals surface area contributed by atoms with Crippen LogP contribution in [-0.4, -0.2) is 28.8 Å². The van der Waals surface area contributed by atoms with Gasteiger partial charge in [0.05, 0.1) is 12.1 Å². The zero-order valence-electron chi connectivity index (χ0n) is 15.1. The summed E-state index contributed by atoms with van der Waals surface area (Å²) in [6, 6.07) is 11.6. The summed E-state index contributed by atoms with van der Waals surface area (Å²) in [6.45, 7) is 0.917. The predicted molar refractivity (Wildman–Crippen MR) is 108 cm³/mol. The molecule has 4 rings (SSSR count). The maximum Gasteiger partial charge on any atom is 0.253 e. The smallest absolute Gasteiger partial charge is 0.253 e. The highest BCUT2D eigenvalue weighted by atomic mass is 32.1. The van der Waals surface area contributed by atoms with Crippen LogP contribution < -0.4 is 20.3 Å². The van der Waals surface area contributed by atoms with Gasteiger partial charge in [0.25, 0.3) is 5.56 Å². The first-order valence-electron chi connectivity index (χ1n) is 8.70. The molecule has 1 aliphatic heterocycles. The van der Waals surface area contributed by atoms with E-state index >= 15 is 0 Å². The Morgan fingerprint density at radius 2 is 1.89 bits per heavy atom. The molecular formula is C20H18FN3O3S. The van der Waals surface area contributed by atoms with Crippen molar-refractivity contribution >= 4 is 28.2 Å². The highest BCUT2D eigenvalue weighted by molar-refractivity contribution is 7.80. The summed E-state index contributed by atoms with van der Waals surface area (Å²) in [5.74, 6) is 0.973. The van der Waals surface area contributed by atoms with E-state index in [0.29, 0.717) is 40.8 Å². The standard InChI is InChI=1S/C20H18FN3O3S/c1-22-20(28)24(9-12-2-4-15(21)5-3-12)10-14-6-13-7-17-18(27-11-26-17)8-16(13)23-19(14)25/h2-8H,9-11H2,1H3,(H,22,28)(H,23,25). The number of hydrogen-bond donors (Lipinski definition) is 2. The lowest BCUT2D eigenvalue weighted by molar-refractivity contribution is 0.174. The number of aromatic amines is 1. The van der Waals surface area contributed by atoms with Crippen molar-refractivity contribution in [2.45, 2.75) is 13.1 Å². The summed E-state index contributed by atoms with van der Waals surface area (Å²) in [5, 5.41) is 4.28. The molecule has 6 nitrogen and oxygen atoms in total. The summed E-state index contributed by atoms with van der Waals surface area (Å²) in [7, 11) is 1.73. The molecule has 28 heavy (non-hydrogen) atoms. The third-order valence-electron chi connectivity index (χ3n) is 4.56. The predicted octanol–water partition coefficient (Wildman–Crippen LogP) is 2.90. The van der Waals surface area contributed by atoms with Gasteiger partial charge in [-0.3, -0.25) is 4.79 Å². The van der Waals surface area contributed by atoms with Crippen molar-refractivity contribution in [3.05, 3.63) is 69.8 Å². The molecule has 1 aromatic heterocycles. The van der Waals surface area contributed by atoms with Crippen LogP contribution in [0.4, 0.5) is 4.39 Å². The number of aromatic nitrogens is 1. The number of ether oxygens (including phenoxy) is 2. The number of thiocarbonyl (C=S) groups is 1. The van der Waals surface area contributed by atoms with Gasteiger partial charge in [-0.2, -0.15) is 0 Å². The molecular weight excluding hydrogens is 381 g/mol. The lowest BCUT2D eigenvalue weighted by atomic mass is 10.1. The molecule has 0 radical (unpaired) electrons. The molecule has 0 fully saturated rings. The molecule has 0 aliphatic carbocycles. The van der Waals surface area contributed by atoms with Crippen LogP contribution in [0.2, 0.25) is 0 Å². The van der Waals surface area contributed by atoms with E-state index in [4.69, 9.17) is 21.7 Å². The second-order valence-corrected chi connectivity index (χ2v) is 6.84. The summed E-state index contributed by atoms with van der Waals surface area (Å²) in [4.78, 5) is 17.4. The van der Waals surface area contributed by atoms with Crippen molar-refractivity contribution < 1.29 is 13.9 Å². The normalized spacial score (nSPS) is 12.2. The molecule has 0 spiro atoms. The lowest BCUT2D eigenvalue weighted by Crippen LogP contribution is -2.38. The fourth-order valence-electron chi connectivity index (χ4n) is 3.13. The van der Waals surface area contributed by atoms with E-state index < -0.39 is 0 Å². The molecule has 0 atom stereocenters. The molecule has 0 saturated carbocycles. The number of pyridine rings is 1. The second kappa shape index (κ2) is 7.47. The monoisotopic (exact) mass is 399 g/mol. The van der Waals surface area contributed by atoms with Crippen LogP contribution in [0.1, 0.15) is 11.1 Å². The SMILES string of the molecule is CNC(=S)N(Cc1ccc(F)cc1)Cc1cc2cc3c(cc2[nH]c1=O)OCO3. The number of rotatable bonds is 4. The van der Waals surface area contributed by atoms with Crippen molar-refractivity contribution in [1.82, 2.24) is 15.2 Å². The van der Waals surface area contributed by atoms with E-state index in [0.717, 1.165) is 10.9 Å². The van der Waals surface area contributed by atoms with Crippen LogP contribution in [0.3, 0.4) is 0 Å². The Bertz CT molecular complexity index is 1100. The Balaban J connectivity index is 1.65. The Morgan fingerprint density at radius 3 is 2.61 bits per heavy atom. The maximum atomic E-state index is 13.2. The van der Waals surface area contributed by atoms with Gasteiger partial charge in [-0.25, -0.2) is 4.39 Å². The number of hydrogen-bond acceptors (Lipinski definition) is 4. The quantitative estimate of drug-likeness (QED) is 0.658. The molecule has 0 saturated heterocycles. The van der Waals surface area contributed by atoms with Crippen molar-refractivity contribution in [1.29, 1.82) is 0 Å². The topological polar surface area (TPSA) is 66.6 Å². The molecule has 0 bridgehead atoms. The summed E-state index contributed by atoms with van der Waals surface area (Å²) < 4.78 is 23.9. The van der Waals surface area contributed by atoms with E-state index in [1.165, 1.54) is 12.1 Å². The average molecular weight is 399 g/mol. The Labute approximate surface area is 165 Å². The van der Waals surface area contributed by atoms with Gasteiger partial charge in [-0.05, 0) is 42.0 Å². The highest BCUT2D eigenvalue weighted by Crippen LogP contribution is 2.35. The number of fused-ring (bicyclic) bond motifs is 2. The molecule has 144 valence electrons. The van der Waals surface area contributed by atoms with Crippen molar-refractivity contribution in [3.63, 3.8) is 0 Å². The molecule has 3 aromatic rings. The number of nitrogens with zero attached hydrogens (tertiary/aromatic N) is 1. The molecule has 2 N–H and O–H groups in total. The molecule has 1 aliphatic rings. The largest absolute Gasteiger partial charge is 0.454 e. The van der Waals surface area contributed by atoms with Gasteiger partial charge in [-0.1, -0.05) is 12.1 Å². The van der Waals surface area contributed by atoms with Crippen molar-refractivity contribution in [2.75, 3.05) is 13.8 Å². The van der Waals surface area contributed by atoms with Crippen LogP contribution in [0.5, 0.6) is 11.5 Å². The van der Waals surface area contributed by atoms with Crippen LogP contribution >= 0.6 is 12.2 Å². The minimum absolute atomic E-state index is 0.171. The van der Waals surface area contributed by atoms with Gasteiger partial charge in [0, 0.05) is 30.6 Å². The van der Waals surface area contributed by atoms with Gasteiger partial charge in [0.1, 0.15) is 5.82 Å². The van der Waals surface area contributed by atoms with E-state index in [1.54, 1.807) is 25.2 Å². The molecule has 2 aromatic carbocycles. The van der Waals surface area contributed by atoms with Crippen LogP contribution in [0, 0.1) is 5.82 Å². The lowest BCUT2D eigenvalue weighted by Gasteiger charge is -2.25. The first kappa shape index (κ1) is 18.2. The van der Waals surface area contributed by atoms with Crippen LogP contribution in [0.25, 0.3) is 10.9 Å². The first-order chi connectivity index (χ1) is 13.5.